The summed E-state index contributed by atoms with van der Waals surface area (Å²) in [6, 6.07) is 26.6. The van der Waals surface area contributed by atoms with Crippen LogP contribution in [-0.4, -0.2) is 16.1 Å². The fourth-order valence-electron chi connectivity index (χ4n) is 3.60. The Labute approximate surface area is 160 Å². The minimum absolute atomic E-state index is 0.143. The third-order valence-corrected chi connectivity index (χ3v) is 4.83. The van der Waals surface area contributed by atoms with Crippen molar-refractivity contribution in [1.29, 1.82) is 0 Å². The lowest BCUT2D eigenvalue weighted by Gasteiger charge is -2.14. The summed E-state index contributed by atoms with van der Waals surface area (Å²) in [7, 11) is 0. The fraction of sp³-hybridized carbons (Fsp3) is 0. The van der Waals surface area contributed by atoms with E-state index in [0.29, 0.717) is 22.6 Å². The number of hydrogen-bond acceptors (Lipinski definition) is 3. The molecule has 0 saturated heterocycles. The second-order valence-corrected chi connectivity index (χ2v) is 6.55. The number of rotatable bonds is 3. The Hall–Kier alpha value is -3.92. The average molecular weight is 365 g/mol. The lowest BCUT2D eigenvalue weighted by Crippen LogP contribution is -2.05. The molecule has 0 aliphatic rings. The number of para-hydroxylation sites is 2. The largest absolute Gasteiger partial charge is 0.478 e. The molecule has 4 heteroatoms. The molecule has 0 saturated carbocycles. The maximum Gasteiger partial charge on any atom is 0.338 e. The first-order chi connectivity index (χ1) is 13.7. The molecule has 28 heavy (non-hydrogen) atoms. The van der Waals surface area contributed by atoms with Gasteiger partial charge in [0, 0.05) is 16.3 Å². The number of pyridine rings is 1. The van der Waals surface area contributed by atoms with Crippen molar-refractivity contribution in [2.45, 2.75) is 0 Å². The Morgan fingerprint density at radius 2 is 1.57 bits per heavy atom. The quantitative estimate of drug-likeness (QED) is 0.425. The number of aromatic carboxylic acids is 1. The summed E-state index contributed by atoms with van der Waals surface area (Å²) in [5.74, 6) is -0.589. The normalized spacial score (nSPS) is 11.1. The van der Waals surface area contributed by atoms with E-state index in [1.54, 1.807) is 0 Å². The van der Waals surface area contributed by atoms with Crippen LogP contribution in [0.5, 0.6) is 0 Å². The monoisotopic (exact) mass is 365 g/mol. The first kappa shape index (κ1) is 16.3. The van der Waals surface area contributed by atoms with E-state index in [2.05, 4.69) is 4.98 Å². The van der Waals surface area contributed by atoms with E-state index in [-0.39, 0.29) is 5.56 Å². The summed E-state index contributed by atoms with van der Waals surface area (Å²) < 4.78 is 5.96. The van der Waals surface area contributed by atoms with Crippen molar-refractivity contribution in [3.8, 4) is 22.6 Å². The van der Waals surface area contributed by atoms with Gasteiger partial charge in [0.05, 0.1) is 11.1 Å². The molecule has 5 aromatic rings. The molecule has 0 unspecified atom stereocenters. The number of benzene rings is 3. The number of furan rings is 1. The molecule has 2 aromatic heterocycles. The second-order valence-electron chi connectivity index (χ2n) is 6.55. The molecule has 1 N–H and O–H groups in total. The highest BCUT2D eigenvalue weighted by Gasteiger charge is 2.24. The Kier molecular flexibility index (Phi) is 3.69. The van der Waals surface area contributed by atoms with E-state index < -0.39 is 5.97 Å². The average Bonchev–Trinajstić information content (AvgIpc) is 3.17. The summed E-state index contributed by atoms with van der Waals surface area (Å²) in [6.07, 6.45) is 0. The molecule has 3 aromatic carbocycles. The lowest BCUT2D eigenvalue weighted by molar-refractivity contribution is 0.0698. The van der Waals surface area contributed by atoms with Gasteiger partial charge in [0.1, 0.15) is 11.3 Å². The maximum atomic E-state index is 12.4. The molecule has 2 heterocycles. The van der Waals surface area contributed by atoms with E-state index in [0.717, 1.165) is 21.9 Å². The van der Waals surface area contributed by atoms with Crippen molar-refractivity contribution in [3.05, 3.63) is 90.5 Å². The smallest absolute Gasteiger partial charge is 0.338 e. The van der Waals surface area contributed by atoms with E-state index in [4.69, 9.17) is 4.42 Å². The molecular weight excluding hydrogens is 350 g/mol. The predicted molar refractivity (Wildman–Crippen MR) is 109 cm³/mol. The van der Waals surface area contributed by atoms with Crippen LogP contribution in [0.4, 0.5) is 0 Å². The standard InChI is InChI=1S/C24H15NO3/c26-24(27)22-21(15-8-2-1-3-9-15)17-11-5-6-12-18(17)25-23(22)20-14-16-10-4-7-13-19(16)28-20/h1-14H,(H,26,27). The van der Waals surface area contributed by atoms with Crippen molar-refractivity contribution < 1.29 is 14.3 Å². The minimum atomic E-state index is -1.03. The first-order valence-electron chi connectivity index (χ1n) is 8.93. The van der Waals surface area contributed by atoms with E-state index in [1.807, 2.05) is 84.9 Å². The Morgan fingerprint density at radius 3 is 2.36 bits per heavy atom. The van der Waals surface area contributed by atoms with Crippen LogP contribution >= 0.6 is 0 Å². The van der Waals surface area contributed by atoms with Gasteiger partial charge in [0.15, 0.2) is 5.76 Å². The Balaban J connectivity index is 1.92. The third kappa shape index (κ3) is 2.55. The zero-order valence-corrected chi connectivity index (χ0v) is 14.8. The lowest BCUT2D eigenvalue weighted by atomic mass is 9.93. The van der Waals surface area contributed by atoms with Gasteiger partial charge in [0.2, 0.25) is 0 Å². The van der Waals surface area contributed by atoms with Gasteiger partial charge in [-0.1, -0.05) is 66.7 Å². The molecule has 134 valence electrons. The molecule has 0 aliphatic heterocycles. The molecule has 0 bridgehead atoms. The van der Waals surface area contributed by atoms with Crippen LogP contribution in [0.2, 0.25) is 0 Å². The summed E-state index contributed by atoms with van der Waals surface area (Å²) >= 11 is 0. The van der Waals surface area contributed by atoms with Crippen LogP contribution in [0, 0.1) is 0 Å². The van der Waals surface area contributed by atoms with Gasteiger partial charge in [-0.2, -0.15) is 0 Å². The molecule has 4 nitrogen and oxygen atoms in total. The Bertz CT molecular complexity index is 1300. The number of carbonyl (C=O) groups is 1. The molecule has 0 spiro atoms. The zero-order chi connectivity index (χ0) is 19.1. The van der Waals surface area contributed by atoms with Crippen molar-refractivity contribution in [3.63, 3.8) is 0 Å². The minimum Gasteiger partial charge on any atom is -0.478 e. The number of fused-ring (bicyclic) bond motifs is 2. The molecule has 5 rings (SSSR count). The van der Waals surface area contributed by atoms with Gasteiger partial charge < -0.3 is 9.52 Å². The molecule has 0 radical (unpaired) electrons. The van der Waals surface area contributed by atoms with E-state index >= 15 is 0 Å². The van der Waals surface area contributed by atoms with Crippen molar-refractivity contribution in [2.75, 3.05) is 0 Å². The first-order valence-corrected chi connectivity index (χ1v) is 8.93. The molecule has 0 amide bonds. The molecule has 0 fully saturated rings. The van der Waals surface area contributed by atoms with Crippen LogP contribution in [0.25, 0.3) is 44.5 Å². The summed E-state index contributed by atoms with van der Waals surface area (Å²) in [4.78, 5) is 17.0. The third-order valence-electron chi connectivity index (χ3n) is 4.83. The van der Waals surface area contributed by atoms with Gasteiger partial charge in [-0.3, -0.25) is 0 Å². The van der Waals surface area contributed by atoms with Crippen LogP contribution in [0.3, 0.4) is 0 Å². The van der Waals surface area contributed by atoms with Gasteiger partial charge in [-0.15, -0.1) is 0 Å². The van der Waals surface area contributed by atoms with Crippen LogP contribution < -0.4 is 0 Å². The second kappa shape index (κ2) is 6.35. The SMILES string of the molecule is O=C(O)c1c(-c2cc3ccccc3o2)nc2ccccc2c1-c1ccccc1. The molecule has 0 aliphatic carbocycles. The van der Waals surface area contributed by atoms with Crippen molar-refractivity contribution in [2.24, 2.45) is 0 Å². The van der Waals surface area contributed by atoms with Crippen LogP contribution in [-0.2, 0) is 0 Å². The summed E-state index contributed by atoms with van der Waals surface area (Å²) in [5.41, 5.74) is 3.38. The zero-order valence-electron chi connectivity index (χ0n) is 14.8. The van der Waals surface area contributed by atoms with E-state index in [9.17, 15) is 9.90 Å². The number of hydrogen-bond donors (Lipinski definition) is 1. The predicted octanol–water partition coefficient (Wildman–Crippen LogP) is 6.01. The molecular formula is C24H15NO3. The number of nitrogens with zero attached hydrogens (tertiary/aromatic N) is 1. The van der Waals surface area contributed by atoms with E-state index in [1.165, 1.54) is 0 Å². The topological polar surface area (TPSA) is 63.3 Å². The Morgan fingerprint density at radius 1 is 0.857 bits per heavy atom. The highest BCUT2D eigenvalue weighted by molar-refractivity contribution is 6.10. The maximum absolute atomic E-state index is 12.4. The molecule has 0 atom stereocenters. The summed E-state index contributed by atoms with van der Waals surface area (Å²) in [6.45, 7) is 0. The van der Waals surface area contributed by atoms with Crippen molar-refractivity contribution >= 4 is 27.8 Å². The highest BCUT2D eigenvalue weighted by atomic mass is 16.4. The van der Waals surface area contributed by atoms with Crippen molar-refractivity contribution in [1.82, 2.24) is 4.98 Å². The number of carboxylic acids is 1. The van der Waals surface area contributed by atoms with Gasteiger partial charge in [0.25, 0.3) is 0 Å². The summed E-state index contributed by atoms with van der Waals surface area (Å²) in [5, 5.41) is 11.8. The van der Waals surface area contributed by atoms with Gasteiger partial charge >= 0.3 is 5.97 Å². The van der Waals surface area contributed by atoms with Gasteiger partial charge in [-0.05, 0) is 23.8 Å². The van der Waals surface area contributed by atoms with Gasteiger partial charge in [-0.25, -0.2) is 9.78 Å². The number of carboxylic acid groups (broad SMARTS) is 1. The highest BCUT2D eigenvalue weighted by Crippen LogP contribution is 2.38. The fourth-order valence-corrected chi connectivity index (χ4v) is 3.60. The number of aromatic nitrogens is 1. The van der Waals surface area contributed by atoms with Crippen LogP contribution in [0.15, 0.2) is 89.3 Å². The van der Waals surface area contributed by atoms with Crippen LogP contribution in [0.1, 0.15) is 10.4 Å².